The van der Waals surface area contributed by atoms with Crippen LogP contribution < -0.4 is 5.32 Å². The van der Waals surface area contributed by atoms with Gasteiger partial charge in [-0.15, -0.1) is 0 Å². The SMILES string of the molecule is CCC1(CC)CCN(C2CCCCCCC2NC)C1. The zero-order valence-corrected chi connectivity index (χ0v) is 13.4. The first-order valence-corrected chi connectivity index (χ1v) is 8.66. The Morgan fingerprint density at radius 1 is 1.05 bits per heavy atom. The minimum atomic E-state index is 0.626. The van der Waals surface area contributed by atoms with E-state index in [0.29, 0.717) is 5.41 Å². The van der Waals surface area contributed by atoms with Crippen LogP contribution in [-0.2, 0) is 0 Å². The smallest absolute Gasteiger partial charge is 0.0249 e. The molecular formula is C17H34N2. The third-order valence-corrected chi connectivity index (χ3v) is 6.04. The lowest BCUT2D eigenvalue weighted by molar-refractivity contribution is 0.142. The fourth-order valence-corrected chi connectivity index (χ4v) is 4.32. The van der Waals surface area contributed by atoms with Crippen LogP contribution in [0.5, 0.6) is 0 Å². The number of hydrogen-bond donors (Lipinski definition) is 1. The first kappa shape index (κ1) is 15.3. The molecule has 0 aromatic heterocycles. The van der Waals surface area contributed by atoms with E-state index < -0.39 is 0 Å². The lowest BCUT2D eigenvalue weighted by Gasteiger charge is -2.37. The minimum Gasteiger partial charge on any atom is -0.315 e. The molecule has 0 aromatic carbocycles. The molecule has 2 aliphatic rings. The molecule has 19 heavy (non-hydrogen) atoms. The molecule has 0 radical (unpaired) electrons. The normalized spacial score (nSPS) is 33.0. The molecular weight excluding hydrogens is 232 g/mol. The Hall–Kier alpha value is -0.0800. The maximum atomic E-state index is 3.62. The highest BCUT2D eigenvalue weighted by atomic mass is 15.2. The van der Waals surface area contributed by atoms with E-state index in [0.717, 1.165) is 12.1 Å². The highest BCUT2D eigenvalue weighted by molar-refractivity contribution is 4.94. The quantitative estimate of drug-likeness (QED) is 0.832. The van der Waals surface area contributed by atoms with Gasteiger partial charge in [0.15, 0.2) is 0 Å². The predicted octanol–water partition coefficient (Wildman–Crippen LogP) is 3.81. The summed E-state index contributed by atoms with van der Waals surface area (Å²) in [6.45, 7) is 7.47. The second-order valence-corrected chi connectivity index (χ2v) is 6.88. The molecule has 1 aliphatic heterocycles. The maximum absolute atomic E-state index is 3.62. The van der Waals surface area contributed by atoms with E-state index in [1.807, 2.05) is 0 Å². The second kappa shape index (κ2) is 7.08. The lowest BCUT2D eigenvalue weighted by atomic mass is 9.81. The van der Waals surface area contributed by atoms with Gasteiger partial charge in [0, 0.05) is 18.6 Å². The number of hydrogen-bond acceptors (Lipinski definition) is 2. The molecule has 2 rings (SSSR count). The molecule has 2 fully saturated rings. The summed E-state index contributed by atoms with van der Waals surface area (Å²) < 4.78 is 0. The summed E-state index contributed by atoms with van der Waals surface area (Å²) >= 11 is 0. The van der Waals surface area contributed by atoms with E-state index in [9.17, 15) is 0 Å². The molecule has 0 bridgehead atoms. The van der Waals surface area contributed by atoms with Gasteiger partial charge in [-0.2, -0.15) is 0 Å². The fraction of sp³-hybridized carbons (Fsp3) is 1.00. The van der Waals surface area contributed by atoms with Gasteiger partial charge in [-0.25, -0.2) is 0 Å². The molecule has 0 amide bonds. The monoisotopic (exact) mass is 266 g/mol. The van der Waals surface area contributed by atoms with E-state index in [1.165, 1.54) is 70.9 Å². The first-order chi connectivity index (χ1) is 9.24. The molecule has 1 N–H and O–H groups in total. The molecule has 112 valence electrons. The zero-order valence-electron chi connectivity index (χ0n) is 13.4. The van der Waals surface area contributed by atoms with Crippen LogP contribution in [0.1, 0.15) is 71.6 Å². The number of nitrogens with one attached hydrogen (secondary N) is 1. The van der Waals surface area contributed by atoms with Crippen molar-refractivity contribution in [1.82, 2.24) is 10.2 Å². The van der Waals surface area contributed by atoms with E-state index in [1.54, 1.807) is 0 Å². The lowest BCUT2D eigenvalue weighted by Crippen LogP contribution is -2.49. The molecule has 2 heteroatoms. The van der Waals surface area contributed by atoms with Crippen LogP contribution in [0.4, 0.5) is 0 Å². The third kappa shape index (κ3) is 3.52. The molecule has 1 saturated heterocycles. The zero-order chi connectivity index (χ0) is 13.7. The standard InChI is InChI=1S/C17H34N2/c1-4-17(5-2)12-13-19(14-17)16-11-9-7-6-8-10-15(16)18-3/h15-16,18H,4-14H2,1-3H3. The molecule has 1 saturated carbocycles. The Kier molecular flexibility index (Phi) is 5.70. The van der Waals surface area contributed by atoms with Crippen molar-refractivity contribution >= 4 is 0 Å². The first-order valence-electron chi connectivity index (χ1n) is 8.66. The van der Waals surface area contributed by atoms with Gasteiger partial charge in [0.1, 0.15) is 0 Å². The molecule has 2 unspecified atom stereocenters. The van der Waals surface area contributed by atoms with Crippen LogP contribution in [0, 0.1) is 5.41 Å². The van der Waals surface area contributed by atoms with Gasteiger partial charge in [0.25, 0.3) is 0 Å². The molecule has 2 atom stereocenters. The summed E-state index contributed by atoms with van der Waals surface area (Å²) in [5, 5.41) is 3.62. The van der Waals surface area contributed by atoms with Crippen LogP contribution in [0.3, 0.4) is 0 Å². The highest BCUT2D eigenvalue weighted by Crippen LogP contribution is 2.39. The van der Waals surface area contributed by atoms with E-state index in [4.69, 9.17) is 0 Å². The van der Waals surface area contributed by atoms with Crippen molar-refractivity contribution in [3.63, 3.8) is 0 Å². The van der Waals surface area contributed by atoms with Gasteiger partial charge in [0.2, 0.25) is 0 Å². The largest absolute Gasteiger partial charge is 0.315 e. The van der Waals surface area contributed by atoms with Crippen molar-refractivity contribution in [3.8, 4) is 0 Å². The number of likely N-dealkylation sites (N-methyl/N-ethyl adjacent to an activating group) is 1. The highest BCUT2D eigenvalue weighted by Gasteiger charge is 2.39. The molecule has 0 spiro atoms. The van der Waals surface area contributed by atoms with E-state index >= 15 is 0 Å². The average molecular weight is 266 g/mol. The summed E-state index contributed by atoms with van der Waals surface area (Å²) in [4.78, 5) is 2.83. The second-order valence-electron chi connectivity index (χ2n) is 6.88. The third-order valence-electron chi connectivity index (χ3n) is 6.04. The van der Waals surface area contributed by atoms with Crippen molar-refractivity contribution in [1.29, 1.82) is 0 Å². The van der Waals surface area contributed by atoms with Gasteiger partial charge in [0.05, 0.1) is 0 Å². The summed E-state index contributed by atoms with van der Waals surface area (Å²) in [5.74, 6) is 0. The van der Waals surface area contributed by atoms with Crippen LogP contribution in [0.2, 0.25) is 0 Å². The van der Waals surface area contributed by atoms with Crippen molar-refractivity contribution in [3.05, 3.63) is 0 Å². The Morgan fingerprint density at radius 2 is 1.74 bits per heavy atom. The number of rotatable bonds is 4. The summed E-state index contributed by atoms with van der Waals surface area (Å²) in [7, 11) is 2.17. The molecule has 1 heterocycles. The van der Waals surface area contributed by atoms with Crippen molar-refractivity contribution in [2.45, 2.75) is 83.7 Å². The van der Waals surface area contributed by atoms with Gasteiger partial charge < -0.3 is 5.32 Å². The van der Waals surface area contributed by atoms with E-state index in [2.05, 4.69) is 31.1 Å². The number of likely N-dealkylation sites (tertiary alicyclic amines) is 1. The fourth-order valence-electron chi connectivity index (χ4n) is 4.32. The van der Waals surface area contributed by atoms with Crippen LogP contribution in [0.15, 0.2) is 0 Å². The number of nitrogens with zero attached hydrogens (tertiary/aromatic N) is 1. The van der Waals surface area contributed by atoms with E-state index in [-0.39, 0.29) is 0 Å². The minimum absolute atomic E-state index is 0.626. The predicted molar refractivity (Wildman–Crippen MR) is 83.5 cm³/mol. The summed E-state index contributed by atoms with van der Waals surface area (Å²) in [6, 6.07) is 1.52. The van der Waals surface area contributed by atoms with Crippen LogP contribution >= 0.6 is 0 Å². The Morgan fingerprint density at radius 3 is 2.32 bits per heavy atom. The van der Waals surface area contributed by atoms with Crippen LogP contribution in [-0.4, -0.2) is 37.1 Å². The van der Waals surface area contributed by atoms with Crippen molar-refractivity contribution in [2.75, 3.05) is 20.1 Å². The van der Waals surface area contributed by atoms with Crippen molar-refractivity contribution in [2.24, 2.45) is 5.41 Å². The Balaban J connectivity index is 2.01. The summed E-state index contributed by atoms with van der Waals surface area (Å²) in [6.07, 6.45) is 12.7. The van der Waals surface area contributed by atoms with Crippen molar-refractivity contribution < 1.29 is 0 Å². The van der Waals surface area contributed by atoms with Gasteiger partial charge in [-0.1, -0.05) is 39.5 Å². The Bertz CT molecular complexity index is 260. The van der Waals surface area contributed by atoms with Crippen LogP contribution in [0.25, 0.3) is 0 Å². The molecule has 0 aromatic rings. The van der Waals surface area contributed by atoms with Gasteiger partial charge >= 0.3 is 0 Å². The topological polar surface area (TPSA) is 15.3 Å². The Labute approximate surface area is 120 Å². The summed E-state index contributed by atoms with van der Waals surface area (Å²) in [5.41, 5.74) is 0.626. The average Bonchev–Trinajstić information content (AvgIpc) is 2.84. The molecule has 2 nitrogen and oxygen atoms in total. The van der Waals surface area contributed by atoms with Gasteiger partial charge in [-0.3, -0.25) is 4.90 Å². The van der Waals surface area contributed by atoms with Gasteiger partial charge in [-0.05, 0) is 51.1 Å². The maximum Gasteiger partial charge on any atom is 0.0249 e. The molecule has 1 aliphatic carbocycles.